The van der Waals surface area contributed by atoms with Gasteiger partial charge in [-0.2, -0.15) is 4.98 Å². The largest absolute Gasteiger partial charge is 0.383 e. The molecule has 0 amide bonds. The van der Waals surface area contributed by atoms with Crippen molar-refractivity contribution in [2.24, 2.45) is 7.05 Å². The zero-order valence-electron chi connectivity index (χ0n) is 16.2. The van der Waals surface area contributed by atoms with Gasteiger partial charge < -0.3 is 14.0 Å². The summed E-state index contributed by atoms with van der Waals surface area (Å²) in [7, 11) is 3.19. The van der Waals surface area contributed by atoms with Crippen molar-refractivity contribution in [3.8, 4) is 0 Å². The third-order valence-electron chi connectivity index (χ3n) is 5.56. The summed E-state index contributed by atoms with van der Waals surface area (Å²) in [6, 6.07) is 0. The fraction of sp³-hybridized carbons (Fsp3) is 0.611. The fourth-order valence-corrected chi connectivity index (χ4v) is 3.91. The fourth-order valence-electron chi connectivity index (χ4n) is 3.91. The van der Waals surface area contributed by atoms with Crippen LogP contribution in [0.4, 0.5) is 0 Å². The highest BCUT2D eigenvalue weighted by Crippen LogP contribution is 2.23. The first-order valence-corrected chi connectivity index (χ1v) is 9.24. The number of aromatic nitrogens is 5. The van der Waals surface area contributed by atoms with Gasteiger partial charge in [-0.05, 0) is 26.7 Å². The lowest BCUT2D eigenvalue weighted by Crippen LogP contribution is -2.40. The minimum absolute atomic E-state index is 0.154. The molecule has 0 aromatic carbocycles. The van der Waals surface area contributed by atoms with Crippen LogP contribution in [0.1, 0.15) is 24.2 Å². The molecule has 0 saturated carbocycles. The molecule has 9 heteroatoms. The Bertz CT molecular complexity index is 1130. The van der Waals surface area contributed by atoms with Crippen molar-refractivity contribution in [3.05, 3.63) is 32.2 Å². The van der Waals surface area contributed by atoms with E-state index in [2.05, 4.69) is 9.55 Å². The minimum atomic E-state index is -0.384. The molecule has 4 heterocycles. The molecule has 3 aromatic heterocycles. The van der Waals surface area contributed by atoms with Gasteiger partial charge in [0.1, 0.15) is 0 Å². The lowest BCUT2D eigenvalue weighted by molar-refractivity contribution is 0.0974. The van der Waals surface area contributed by atoms with Gasteiger partial charge in [-0.3, -0.25) is 18.3 Å². The summed E-state index contributed by atoms with van der Waals surface area (Å²) < 4.78 is 17.4. The SMILES string of the molecule is COCCn1c(=O)c2c(nc3n(C[C@@H]4CCCO4)c(C)c(C)n23)n(C)c1=O. The van der Waals surface area contributed by atoms with Crippen molar-refractivity contribution in [2.45, 2.75) is 45.9 Å². The highest BCUT2D eigenvalue weighted by Gasteiger charge is 2.25. The van der Waals surface area contributed by atoms with Crippen LogP contribution in [0.2, 0.25) is 0 Å². The summed E-state index contributed by atoms with van der Waals surface area (Å²) in [5, 5.41) is 0. The molecule has 9 nitrogen and oxygen atoms in total. The van der Waals surface area contributed by atoms with E-state index in [-0.39, 0.29) is 23.9 Å². The summed E-state index contributed by atoms with van der Waals surface area (Å²) in [5.41, 5.74) is 2.10. The van der Waals surface area contributed by atoms with Gasteiger partial charge in [0.2, 0.25) is 5.78 Å². The Morgan fingerprint density at radius 2 is 2.00 bits per heavy atom. The van der Waals surface area contributed by atoms with Gasteiger partial charge in [0.05, 0.1) is 25.8 Å². The number of rotatable bonds is 5. The first kappa shape index (κ1) is 18.0. The maximum Gasteiger partial charge on any atom is 0.332 e. The van der Waals surface area contributed by atoms with Crippen LogP contribution in [0.15, 0.2) is 9.59 Å². The molecule has 0 aliphatic carbocycles. The molecule has 146 valence electrons. The summed E-state index contributed by atoms with van der Waals surface area (Å²) in [6.07, 6.45) is 2.24. The Morgan fingerprint density at radius 1 is 1.22 bits per heavy atom. The van der Waals surface area contributed by atoms with Crippen molar-refractivity contribution in [1.82, 2.24) is 23.1 Å². The van der Waals surface area contributed by atoms with Gasteiger partial charge in [-0.15, -0.1) is 0 Å². The molecule has 1 saturated heterocycles. The number of nitrogens with zero attached hydrogens (tertiary/aromatic N) is 5. The molecule has 3 aromatic rings. The first-order chi connectivity index (χ1) is 13.0. The number of aryl methyl sites for hydroxylation is 2. The van der Waals surface area contributed by atoms with Crippen LogP contribution in [0.3, 0.4) is 0 Å². The van der Waals surface area contributed by atoms with Gasteiger partial charge in [-0.25, -0.2) is 4.79 Å². The summed E-state index contributed by atoms with van der Waals surface area (Å²) >= 11 is 0. The van der Waals surface area contributed by atoms with E-state index in [9.17, 15) is 9.59 Å². The normalized spacial score (nSPS) is 17.6. The van der Waals surface area contributed by atoms with Gasteiger partial charge in [0.25, 0.3) is 5.56 Å². The molecule has 0 bridgehead atoms. The standard InChI is InChI=1S/C18H25N5O4/c1-11-12(2)23-14-15(19-17(23)22(11)10-13-6-5-8-27-13)20(3)18(25)21(16(14)24)7-9-26-4/h13H,5-10H2,1-4H3/t13-/m0/s1. The number of fused-ring (bicyclic) bond motifs is 3. The molecule has 0 spiro atoms. The number of imidazole rings is 2. The van der Waals surface area contributed by atoms with Crippen molar-refractivity contribution in [1.29, 1.82) is 0 Å². The van der Waals surface area contributed by atoms with Crippen molar-refractivity contribution < 1.29 is 9.47 Å². The Balaban J connectivity index is 1.99. The average molecular weight is 375 g/mol. The maximum atomic E-state index is 13.1. The molecule has 1 fully saturated rings. The Morgan fingerprint density at radius 3 is 2.67 bits per heavy atom. The van der Waals surface area contributed by atoms with E-state index in [4.69, 9.17) is 9.47 Å². The van der Waals surface area contributed by atoms with E-state index in [1.54, 1.807) is 14.2 Å². The van der Waals surface area contributed by atoms with E-state index in [0.29, 0.717) is 30.1 Å². The van der Waals surface area contributed by atoms with Gasteiger partial charge in [0, 0.05) is 32.2 Å². The van der Waals surface area contributed by atoms with Crippen LogP contribution in [-0.2, 0) is 29.6 Å². The van der Waals surface area contributed by atoms with E-state index < -0.39 is 0 Å². The second-order valence-corrected chi connectivity index (χ2v) is 7.13. The molecule has 0 unspecified atom stereocenters. The Hall–Kier alpha value is -2.39. The molecule has 27 heavy (non-hydrogen) atoms. The smallest absolute Gasteiger partial charge is 0.332 e. The first-order valence-electron chi connectivity index (χ1n) is 9.24. The second-order valence-electron chi connectivity index (χ2n) is 7.13. The second kappa shape index (κ2) is 6.65. The number of hydrogen-bond donors (Lipinski definition) is 0. The molecule has 1 aliphatic rings. The van der Waals surface area contributed by atoms with E-state index in [1.165, 1.54) is 9.13 Å². The molecule has 0 radical (unpaired) electrons. The van der Waals surface area contributed by atoms with Crippen LogP contribution in [-0.4, -0.2) is 49.5 Å². The maximum absolute atomic E-state index is 13.1. The van der Waals surface area contributed by atoms with E-state index in [1.807, 2.05) is 18.2 Å². The zero-order valence-corrected chi connectivity index (χ0v) is 16.2. The lowest BCUT2D eigenvalue weighted by Gasteiger charge is -2.12. The summed E-state index contributed by atoms with van der Waals surface area (Å²) in [6.45, 7) is 5.98. The molecular formula is C18H25N5O4. The minimum Gasteiger partial charge on any atom is -0.383 e. The van der Waals surface area contributed by atoms with E-state index >= 15 is 0 Å². The van der Waals surface area contributed by atoms with Crippen LogP contribution in [0, 0.1) is 13.8 Å². The topological polar surface area (TPSA) is 84.7 Å². The molecule has 4 rings (SSSR count). The van der Waals surface area contributed by atoms with Crippen LogP contribution < -0.4 is 11.2 Å². The van der Waals surface area contributed by atoms with Crippen molar-refractivity contribution in [2.75, 3.05) is 20.3 Å². The van der Waals surface area contributed by atoms with Crippen LogP contribution in [0.5, 0.6) is 0 Å². The summed E-state index contributed by atoms with van der Waals surface area (Å²) in [5.74, 6) is 0.673. The van der Waals surface area contributed by atoms with Crippen molar-refractivity contribution in [3.63, 3.8) is 0 Å². The number of hydrogen-bond acceptors (Lipinski definition) is 5. The number of methoxy groups -OCH3 is 1. The third kappa shape index (κ3) is 2.64. The molecule has 0 N–H and O–H groups in total. The Labute approximate surface area is 155 Å². The number of ether oxygens (including phenoxy) is 2. The van der Waals surface area contributed by atoms with Gasteiger partial charge >= 0.3 is 5.69 Å². The van der Waals surface area contributed by atoms with Crippen LogP contribution >= 0.6 is 0 Å². The lowest BCUT2D eigenvalue weighted by atomic mass is 10.2. The predicted octanol–water partition coefficient (Wildman–Crippen LogP) is 0.592. The van der Waals surface area contributed by atoms with E-state index in [0.717, 1.165) is 30.8 Å². The highest BCUT2D eigenvalue weighted by atomic mass is 16.5. The molecule has 1 aliphatic heterocycles. The van der Waals surface area contributed by atoms with Gasteiger partial charge in [-0.1, -0.05) is 0 Å². The van der Waals surface area contributed by atoms with Crippen LogP contribution in [0.25, 0.3) is 16.9 Å². The monoisotopic (exact) mass is 375 g/mol. The summed E-state index contributed by atoms with van der Waals surface area (Å²) in [4.78, 5) is 30.4. The Kier molecular flexibility index (Phi) is 4.43. The zero-order chi connectivity index (χ0) is 19.3. The quantitative estimate of drug-likeness (QED) is 0.652. The average Bonchev–Trinajstić information content (AvgIpc) is 3.35. The molecular weight excluding hydrogens is 350 g/mol. The molecule has 1 atom stereocenters. The third-order valence-corrected chi connectivity index (χ3v) is 5.56. The van der Waals surface area contributed by atoms with Gasteiger partial charge in [0.15, 0.2) is 11.2 Å². The highest BCUT2D eigenvalue weighted by molar-refractivity contribution is 5.76. The van der Waals surface area contributed by atoms with Crippen molar-refractivity contribution >= 4 is 16.9 Å². The predicted molar refractivity (Wildman–Crippen MR) is 101 cm³/mol.